The highest BCUT2D eigenvalue weighted by molar-refractivity contribution is 7.22. The summed E-state index contributed by atoms with van der Waals surface area (Å²) in [6, 6.07) is 8.08. The van der Waals surface area contributed by atoms with E-state index in [0.29, 0.717) is 6.54 Å². The molecule has 28 heavy (non-hydrogen) atoms. The lowest BCUT2D eigenvalue weighted by atomic mass is 10.1. The average molecular weight is 417 g/mol. The van der Waals surface area contributed by atoms with Crippen LogP contribution >= 0.6 is 22.7 Å². The average Bonchev–Trinajstić information content (AvgIpc) is 3.39. The number of morpholine rings is 1. The lowest BCUT2D eigenvalue weighted by Gasteiger charge is -2.25. The standard InChI is InChI=1S/C21H25N3O2S2/c1-15-6-7-17-19(16(15)2)22-21(28-17)24(20(25)18-5-3-14-27-18)9-4-8-23-10-12-26-13-11-23/h3,5-7,14H,4,8-13H2,1-2H3/p+1. The molecular formula is C21H26N3O2S2+. The van der Waals surface area contributed by atoms with E-state index in [1.807, 2.05) is 22.4 Å². The number of quaternary nitrogens is 1. The molecule has 1 aliphatic heterocycles. The summed E-state index contributed by atoms with van der Waals surface area (Å²) in [5.74, 6) is 0.0559. The molecule has 1 aromatic carbocycles. The molecule has 1 N–H and O–H groups in total. The molecule has 0 radical (unpaired) electrons. The van der Waals surface area contributed by atoms with Crippen LogP contribution in [0.5, 0.6) is 0 Å². The summed E-state index contributed by atoms with van der Waals surface area (Å²) in [6.45, 7) is 9.74. The molecule has 1 aliphatic rings. The summed E-state index contributed by atoms with van der Waals surface area (Å²) < 4.78 is 6.59. The number of benzene rings is 1. The van der Waals surface area contributed by atoms with Crippen molar-refractivity contribution in [1.82, 2.24) is 4.98 Å². The zero-order valence-electron chi connectivity index (χ0n) is 16.4. The van der Waals surface area contributed by atoms with Crippen LogP contribution in [0.2, 0.25) is 0 Å². The van der Waals surface area contributed by atoms with E-state index in [0.717, 1.165) is 59.5 Å². The number of nitrogens with zero attached hydrogens (tertiary/aromatic N) is 2. The van der Waals surface area contributed by atoms with Crippen LogP contribution in [0.25, 0.3) is 10.2 Å². The van der Waals surface area contributed by atoms with Gasteiger partial charge in [0.15, 0.2) is 5.13 Å². The number of carbonyl (C=O) groups is 1. The fraction of sp³-hybridized carbons (Fsp3) is 0.429. The van der Waals surface area contributed by atoms with Crippen LogP contribution in [0.15, 0.2) is 29.6 Å². The molecule has 0 bridgehead atoms. The van der Waals surface area contributed by atoms with Crippen molar-refractivity contribution < 1.29 is 14.4 Å². The Kier molecular flexibility index (Phi) is 6.06. The van der Waals surface area contributed by atoms with Crippen molar-refractivity contribution in [2.45, 2.75) is 20.3 Å². The molecule has 0 spiro atoms. The lowest BCUT2D eigenvalue weighted by molar-refractivity contribution is -0.908. The molecule has 5 nitrogen and oxygen atoms in total. The maximum absolute atomic E-state index is 13.2. The van der Waals surface area contributed by atoms with Gasteiger partial charge in [0.25, 0.3) is 5.91 Å². The van der Waals surface area contributed by atoms with Crippen LogP contribution in [0.4, 0.5) is 5.13 Å². The number of hydrogen-bond donors (Lipinski definition) is 1. The van der Waals surface area contributed by atoms with Crippen molar-refractivity contribution in [3.05, 3.63) is 45.6 Å². The van der Waals surface area contributed by atoms with Gasteiger partial charge in [0.2, 0.25) is 0 Å². The molecule has 0 unspecified atom stereocenters. The number of amides is 1. The first-order valence-electron chi connectivity index (χ1n) is 9.77. The van der Waals surface area contributed by atoms with Gasteiger partial charge in [0.1, 0.15) is 13.1 Å². The maximum Gasteiger partial charge on any atom is 0.270 e. The Morgan fingerprint density at radius 3 is 2.82 bits per heavy atom. The van der Waals surface area contributed by atoms with Crippen LogP contribution in [0, 0.1) is 13.8 Å². The fourth-order valence-electron chi connectivity index (χ4n) is 3.54. The Bertz CT molecular complexity index is 946. The highest BCUT2D eigenvalue weighted by atomic mass is 32.1. The number of aromatic nitrogens is 1. The van der Waals surface area contributed by atoms with Crippen molar-refractivity contribution >= 4 is 43.9 Å². The topological polar surface area (TPSA) is 46.9 Å². The van der Waals surface area contributed by atoms with Crippen molar-refractivity contribution in [2.24, 2.45) is 0 Å². The summed E-state index contributed by atoms with van der Waals surface area (Å²) in [7, 11) is 0. The normalized spacial score (nSPS) is 15.2. The Morgan fingerprint density at radius 2 is 2.07 bits per heavy atom. The molecule has 3 heterocycles. The molecular weight excluding hydrogens is 390 g/mol. The number of nitrogens with one attached hydrogen (secondary N) is 1. The minimum Gasteiger partial charge on any atom is -0.370 e. The van der Waals surface area contributed by atoms with E-state index in [-0.39, 0.29) is 5.91 Å². The number of fused-ring (bicyclic) bond motifs is 1. The first kappa shape index (κ1) is 19.5. The van der Waals surface area contributed by atoms with Gasteiger partial charge in [-0.15, -0.1) is 11.3 Å². The molecule has 4 rings (SSSR count). The van der Waals surface area contributed by atoms with E-state index >= 15 is 0 Å². The first-order valence-corrected chi connectivity index (χ1v) is 11.5. The zero-order valence-corrected chi connectivity index (χ0v) is 18.0. The monoisotopic (exact) mass is 416 g/mol. The van der Waals surface area contributed by atoms with Gasteiger partial charge >= 0.3 is 0 Å². The van der Waals surface area contributed by atoms with Gasteiger partial charge in [0.05, 0.1) is 34.9 Å². The largest absolute Gasteiger partial charge is 0.370 e. The third-order valence-corrected chi connectivity index (χ3v) is 7.29. The van der Waals surface area contributed by atoms with E-state index in [2.05, 4.69) is 26.0 Å². The number of aryl methyl sites for hydroxylation is 2. The van der Waals surface area contributed by atoms with Gasteiger partial charge in [-0.05, 0) is 42.5 Å². The summed E-state index contributed by atoms with van der Waals surface area (Å²) in [4.78, 5) is 22.3. The number of ether oxygens (including phenoxy) is 1. The number of hydrogen-bond acceptors (Lipinski definition) is 5. The van der Waals surface area contributed by atoms with Crippen molar-refractivity contribution in [3.63, 3.8) is 0 Å². The van der Waals surface area contributed by atoms with E-state index < -0.39 is 0 Å². The van der Waals surface area contributed by atoms with Crippen molar-refractivity contribution in [1.29, 1.82) is 0 Å². The van der Waals surface area contributed by atoms with Gasteiger partial charge in [-0.1, -0.05) is 23.5 Å². The first-order chi connectivity index (χ1) is 13.6. The SMILES string of the molecule is Cc1ccc2sc(N(CCC[NH+]3CCOCC3)C(=O)c3cccs3)nc2c1C. The van der Waals surface area contributed by atoms with Gasteiger partial charge in [-0.3, -0.25) is 9.69 Å². The molecule has 7 heteroatoms. The quantitative estimate of drug-likeness (QED) is 0.672. The highest BCUT2D eigenvalue weighted by Gasteiger charge is 2.23. The minimum atomic E-state index is 0.0559. The van der Waals surface area contributed by atoms with Crippen LogP contribution in [-0.2, 0) is 4.74 Å². The van der Waals surface area contributed by atoms with Gasteiger partial charge in [-0.2, -0.15) is 0 Å². The number of carbonyl (C=O) groups excluding carboxylic acids is 1. The van der Waals surface area contributed by atoms with Crippen LogP contribution in [0.3, 0.4) is 0 Å². The predicted octanol–water partition coefficient (Wildman–Crippen LogP) is 2.93. The van der Waals surface area contributed by atoms with Crippen molar-refractivity contribution in [3.8, 4) is 0 Å². The molecule has 3 aromatic rings. The summed E-state index contributed by atoms with van der Waals surface area (Å²) in [5, 5.41) is 2.76. The fourth-order valence-corrected chi connectivity index (χ4v) is 5.27. The van der Waals surface area contributed by atoms with Crippen LogP contribution in [-0.4, -0.2) is 50.3 Å². The molecule has 1 amide bonds. The molecule has 2 aromatic heterocycles. The van der Waals surface area contributed by atoms with Gasteiger partial charge < -0.3 is 9.64 Å². The highest BCUT2D eigenvalue weighted by Crippen LogP contribution is 2.33. The Hall–Kier alpha value is -1.80. The smallest absolute Gasteiger partial charge is 0.270 e. The molecule has 0 aliphatic carbocycles. The van der Waals surface area contributed by atoms with E-state index in [4.69, 9.17) is 9.72 Å². The summed E-state index contributed by atoms with van der Waals surface area (Å²) in [6.07, 6.45) is 0.959. The maximum atomic E-state index is 13.2. The lowest BCUT2D eigenvalue weighted by Crippen LogP contribution is -3.14. The second-order valence-corrected chi connectivity index (χ2v) is 9.21. The van der Waals surface area contributed by atoms with Crippen LogP contribution < -0.4 is 9.80 Å². The van der Waals surface area contributed by atoms with E-state index in [1.165, 1.54) is 22.5 Å². The molecule has 0 saturated carbocycles. The molecule has 0 atom stereocenters. The third-order valence-electron chi connectivity index (χ3n) is 5.39. The van der Waals surface area contributed by atoms with E-state index in [9.17, 15) is 4.79 Å². The van der Waals surface area contributed by atoms with E-state index in [1.54, 1.807) is 16.2 Å². The minimum absolute atomic E-state index is 0.0559. The number of thiazole rings is 1. The summed E-state index contributed by atoms with van der Waals surface area (Å²) in [5.41, 5.74) is 3.44. The zero-order chi connectivity index (χ0) is 19.5. The molecule has 1 saturated heterocycles. The Morgan fingerprint density at radius 1 is 1.25 bits per heavy atom. The second-order valence-electron chi connectivity index (χ2n) is 7.25. The molecule has 148 valence electrons. The summed E-state index contributed by atoms with van der Waals surface area (Å²) >= 11 is 3.10. The molecule has 1 fully saturated rings. The number of rotatable bonds is 6. The number of thiophene rings is 1. The number of anilines is 1. The second kappa shape index (κ2) is 8.69. The van der Waals surface area contributed by atoms with Gasteiger partial charge in [0, 0.05) is 13.0 Å². The van der Waals surface area contributed by atoms with Gasteiger partial charge in [-0.25, -0.2) is 4.98 Å². The van der Waals surface area contributed by atoms with Crippen LogP contribution in [0.1, 0.15) is 27.2 Å². The third kappa shape index (κ3) is 4.12. The Balaban J connectivity index is 1.57. The Labute approximate surface area is 173 Å². The van der Waals surface area contributed by atoms with Crippen molar-refractivity contribution in [2.75, 3.05) is 44.3 Å². The predicted molar refractivity (Wildman–Crippen MR) is 116 cm³/mol.